The van der Waals surface area contributed by atoms with Crippen molar-refractivity contribution in [3.05, 3.63) is 24.3 Å². The van der Waals surface area contributed by atoms with E-state index in [1.54, 1.807) is 7.11 Å². The number of benzene rings is 1. The number of rotatable bonds is 3. The first-order valence-corrected chi connectivity index (χ1v) is 5.54. The molecule has 0 aliphatic carbocycles. The minimum Gasteiger partial charge on any atom is -0.497 e. The molecule has 17 heavy (non-hydrogen) atoms. The SMILES string of the molecule is COc1ccc(NN=C2CCCNC2=O)cc1. The van der Waals surface area contributed by atoms with Crippen molar-refractivity contribution in [2.75, 3.05) is 19.1 Å². The van der Waals surface area contributed by atoms with Gasteiger partial charge in [-0.1, -0.05) is 0 Å². The van der Waals surface area contributed by atoms with Gasteiger partial charge in [0.1, 0.15) is 11.5 Å². The van der Waals surface area contributed by atoms with Crippen LogP contribution in [0.1, 0.15) is 12.8 Å². The molecular formula is C12H15N3O2. The summed E-state index contributed by atoms with van der Waals surface area (Å²) in [4.78, 5) is 11.4. The zero-order valence-electron chi connectivity index (χ0n) is 9.69. The smallest absolute Gasteiger partial charge is 0.267 e. The van der Waals surface area contributed by atoms with E-state index in [1.807, 2.05) is 24.3 Å². The first-order valence-electron chi connectivity index (χ1n) is 5.54. The van der Waals surface area contributed by atoms with Crippen LogP contribution in [0.15, 0.2) is 29.4 Å². The summed E-state index contributed by atoms with van der Waals surface area (Å²) in [5, 5.41) is 6.86. The predicted molar refractivity (Wildman–Crippen MR) is 66.3 cm³/mol. The highest BCUT2D eigenvalue weighted by atomic mass is 16.5. The third-order valence-electron chi connectivity index (χ3n) is 2.55. The summed E-state index contributed by atoms with van der Waals surface area (Å²) >= 11 is 0. The van der Waals surface area contributed by atoms with E-state index in [-0.39, 0.29) is 5.91 Å². The number of hydrogen-bond acceptors (Lipinski definition) is 4. The number of nitrogens with zero attached hydrogens (tertiary/aromatic N) is 1. The highest BCUT2D eigenvalue weighted by molar-refractivity contribution is 6.39. The van der Waals surface area contributed by atoms with Crippen molar-refractivity contribution in [3.8, 4) is 5.75 Å². The first-order chi connectivity index (χ1) is 8.29. The highest BCUT2D eigenvalue weighted by Gasteiger charge is 2.15. The van der Waals surface area contributed by atoms with E-state index in [0.717, 1.165) is 30.8 Å². The van der Waals surface area contributed by atoms with Crippen molar-refractivity contribution in [2.45, 2.75) is 12.8 Å². The molecule has 1 aliphatic heterocycles. The lowest BCUT2D eigenvalue weighted by molar-refractivity contribution is -0.115. The molecule has 0 saturated carbocycles. The van der Waals surface area contributed by atoms with Crippen molar-refractivity contribution < 1.29 is 9.53 Å². The van der Waals surface area contributed by atoms with Gasteiger partial charge >= 0.3 is 0 Å². The Kier molecular flexibility index (Phi) is 3.59. The second kappa shape index (κ2) is 5.34. The maximum atomic E-state index is 11.4. The number of methoxy groups -OCH3 is 1. The number of piperidine rings is 1. The van der Waals surface area contributed by atoms with Crippen LogP contribution in [-0.4, -0.2) is 25.3 Å². The molecule has 1 aromatic rings. The van der Waals surface area contributed by atoms with Crippen LogP contribution in [0.2, 0.25) is 0 Å². The van der Waals surface area contributed by atoms with Gasteiger partial charge in [0.2, 0.25) is 0 Å². The highest BCUT2D eigenvalue weighted by Crippen LogP contribution is 2.15. The van der Waals surface area contributed by atoms with Crippen molar-refractivity contribution in [1.29, 1.82) is 0 Å². The summed E-state index contributed by atoms with van der Waals surface area (Å²) in [5.74, 6) is 0.705. The zero-order valence-corrected chi connectivity index (χ0v) is 9.69. The Bertz CT molecular complexity index is 426. The van der Waals surface area contributed by atoms with Gasteiger partial charge in [0.05, 0.1) is 12.8 Å². The summed E-state index contributed by atoms with van der Waals surface area (Å²) in [7, 11) is 1.62. The number of amides is 1. The number of carbonyl (C=O) groups is 1. The summed E-state index contributed by atoms with van der Waals surface area (Å²) < 4.78 is 5.05. The topological polar surface area (TPSA) is 62.7 Å². The lowest BCUT2D eigenvalue weighted by Crippen LogP contribution is -2.37. The fraction of sp³-hybridized carbons (Fsp3) is 0.333. The Morgan fingerprint density at radius 3 is 2.76 bits per heavy atom. The van der Waals surface area contributed by atoms with Crippen molar-refractivity contribution in [2.24, 2.45) is 5.10 Å². The molecule has 0 atom stereocenters. The fourth-order valence-corrected chi connectivity index (χ4v) is 1.58. The Morgan fingerprint density at radius 1 is 1.35 bits per heavy atom. The van der Waals surface area contributed by atoms with Gasteiger partial charge in [-0.05, 0) is 37.1 Å². The zero-order chi connectivity index (χ0) is 12.1. The maximum absolute atomic E-state index is 11.4. The van der Waals surface area contributed by atoms with Crippen LogP contribution >= 0.6 is 0 Å². The molecule has 1 heterocycles. The number of hydrogen-bond donors (Lipinski definition) is 2. The van der Waals surface area contributed by atoms with Crippen LogP contribution in [0.25, 0.3) is 0 Å². The minimum absolute atomic E-state index is 0.0859. The van der Waals surface area contributed by atoms with Gasteiger partial charge in [-0.2, -0.15) is 5.10 Å². The van der Waals surface area contributed by atoms with E-state index in [9.17, 15) is 4.79 Å². The van der Waals surface area contributed by atoms with Gasteiger partial charge in [0, 0.05) is 6.54 Å². The lowest BCUT2D eigenvalue weighted by atomic mass is 10.1. The van der Waals surface area contributed by atoms with E-state index in [4.69, 9.17) is 4.74 Å². The summed E-state index contributed by atoms with van der Waals surface area (Å²) in [6.07, 6.45) is 1.66. The Hall–Kier alpha value is -2.04. The van der Waals surface area contributed by atoms with Crippen LogP contribution in [0.4, 0.5) is 5.69 Å². The molecule has 0 radical (unpaired) electrons. The standard InChI is InChI=1S/C12H15N3O2/c1-17-10-6-4-9(5-7-10)14-15-11-3-2-8-13-12(11)16/h4-7,14H,2-3,8H2,1H3,(H,13,16). The minimum atomic E-state index is -0.0859. The Morgan fingerprint density at radius 2 is 2.12 bits per heavy atom. The van der Waals surface area contributed by atoms with Gasteiger partial charge in [-0.25, -0.2) is 0 Å². The molecule has 1 amide bonds. The fourth-order valence-electron chi connectivity index (χ4n) is 1.58. The molecule has 1 aromatic carbocycles. The van der Waals surface area contributed by atoms with Crippen LogP contribution in [0.5, 0.6) is 5.75 Å². The molecule has 5 heteroatoms. The Balaban J connectivity index is 2.00. The molecule has 1 saturated heterocycles. The molecule has 5 nitrogen and oxygen atoms in total. The van der Waals surface area contributed by atoms with Crippen molar-refractivity contribution >= 4 is 17.3 Å². The van der Waals surface area contributed by atoms with Crippen LogP contribution < -0.4 is 15.5 Å². The number of hydrazone groups is 1. The number of nitrogens with one attached hydrogen (secondary N) is 2. The third-order valence-corrected chi connectivity index (χ3v) is 2.55. The average Bonchev–Trinajstić information content (AvgIpc) is 2.38. The molecule has 90 valence electrons. The molecule has 1 fully saturated rings. The monoisotopic (exact) mass is 233 g/mol. The summed E-state index contributed by atoms with van der Waals surface area (Å²) in [6, 6.07) is 7.38. The van der Waals surface area contributed by atoms with Gasteiger partial charge in [0.25, 0.3) is 5.91 Å². The molecule has 2 rings (SSSR count). The van der Waals surface area contributed by atoms with E-state index >= 15 is 0 Å². The summed E-state index contributed by atoms with van der Waals surface area (Å²) in [5.41, 5.74) is 4.25. The molecule has 1 aliphatic rings. The molecule has 0 bridgehead atoms. The predicted octanol–water partition coefficient (Wildman–Crippen LogP) is 1.37. The number of anilines is 1. The second-order valence-electron chi connectivity index (χ2n) is 3.76. The van der Waals surface area contributed by atoms with Gasteiger partial charge in [0.15, 0.2) is 0 Å². The largest absolute Gasteiger partial charge is 0.497 e. The molecular weight excluding hydrogens is 218 g/mol. The van der Waals surface area contributed by atoms with Crippen molar-refractivity contribution in [1.82, 2.24) is 5.32 Å². The number of ether oxygens (including phenoxy) is 1. The van der Waals surface area contributed by atoms with E-state index < -0.39 is 0 Å². The van der Waals surface area contributed by atoms with Crippen molar-refractivity contribution in [3.63, 3.8) is 0 Å². The first kappa shape index (κ1) is 11.4. The van der Waals surface area contributed by atoms with E-state index in [0.29, 0.717) is 5.71 Å². The van der Waals surface area contributed by atoms with E-state index in [1.165, 1.54) is 0 Å². The normalized spacial score (nSPS) is 17.7. The van der Waals surface area contributed by atoms with Crippen LogP contribution in [0, 0.1) is 0 Å². The average molecular weight is 233 g/mol. The molecule has 0 unspecified atom stereocenters. The van der Waals surface area contributed by atoms with Gasteiger partial charge in [-0.15, -0.1) is 0 Å². The third kappa shape index (κ3) is 2.96. The van der Waals surface area contributed by atoms with Crippen LogP contribution in [0.3, 0.4) is 0 Å². The molecule has 0 aromatic heterocycles. The maximum Gasteiger partial charge on any atom is 0.267 e. The second-order valence-corrected chi connectivity index (χ2v) is 3.76. The molecule has 0 spiro atoms. The quantitative estimate of drug-likeness (QED) is 0.775. The summed E-state index contributed by atoms with van der Waals surface area (Å²) in [6.45, 7) is 0.736. The van der Waals surface area contributed by atoms with Gasteiger partial charge in [-0.3, -0.25) is 10.2 Å². The molecule has 2 N–H and O–H groups in total. The van der Waals surface area contributed by atoms with E-state index in [2.05, 4.69) is 15.8 Å². The van der Waals surface area contributed by atoms with Crippen LogP contribution in [-0.2, 0) is 4.79 Å². The lowest BCUT2D eigenvalue weighted by Gasteiger charge is -2.13. The number of carbonyl (C=O) groups excluding carboxylic acids is 1. The van der Waals surface area contributed by atoms with Gasteiger partial charge < -0.3 is 10.1 Å². The Labute approximate surface area is 99.9 Å².